The van der Waals surface area contributed by atoms with Crippen molar-refractivity contribution in [2.24, 2.45) is 5.92 Å². The maximum Gasteiger partial charge on any atom is 0.251 e. The summed E-state index contributed by atoms with van der Waals surface area (Å²) in [6, 6.07) is 21.3. The molecule has 212 valence electrons. The van der Waals surface area contributed by atoms with Crippen molar-refractivity contribution < 1.29 is 14.3 Å². The van der Waals surface area contributed by atoms with Crippen LogP contribution in [0.3, 0.4) is 0 Å². The third kappa shape index (κ3) is 5.11. The predicted octanol–water partition coefficient (Wildman–Crippen LogP) is 5.53. The number of aromatic nitrogens is 3. The monoisotopic (exact) mass is 551 g/mol. The number of carbonyl (C=O) groups excluding carboxylic acids is 1. The largest absolute Gasteiger partial charge is 0.490 e. The summed E-state index contributed by atoms with van der Waals surface area (Å²) in [6.45, 7) is 5.94. The van der Waals surface area contributed by atoms with Crippen molar-refractivity contribution in [3.8, 4) is 17.0 Å². The topological polar surface area (TPSA) is 92.4 Å². The minimum atomic E-state index is -0.176. The highest BCUT2D eigenvalue weighted by molar-refractivity contribution is 6.01. The van der Waals surface area contributed by atoms with Crippen LogP contribution in [0.15, 0.2) is 66.9 Å². The van der Waals surface area contributed by atoms with E-state index in [0.29, 0.717) is 23.7 Å². The molecule has 1 unspecified atom stereocenters. The average Bonchev–Trinajstić information content (AvgIpc) is 3.48. The summed E-state index contributed by atoms with van der Waals surface area (Å²) in [7, 11) is 0. The van der Waals surface area contributed by atoms with Crippen LogP contribution in [-0.2, 0) is 4.74 Å². The Balaban J connectivity index is 1.05. The molecule has 3 fully saturated rings. The Kier molecular flexibility index (Phi) is 6.96. The second-order valence-electron chi connectivity index (χ2n) is 12.0. The fourth-order valence-corrected chi connectivity index (χ4v) is 6.88. The zero-order valence-electron chi connectivity index (χ0n) is 23.6. The fraction of sp³-hybridized carbons (Fsp3) is 0.424. The summed E-state index contributed by atoms with van der Waals surface area (Å²) in [4.78, 5) is 20.5. The Morgan fingerprint density at radius 1 is 1.02 bits per heavy atom. The molecule has 5 heterocycles. The van der Waals surface area contributed by atoms with Gasteiger partial charge in [-0.3, -0.25) is 19.8 Å². The van der Waals surface area contributed by atoms with E-state index < -0.39 is 0 Å². The minimum absolute atomic E-state index is 0.128. The normalized spacial score (nSPS) is 23.4. The van der Waals surface area contributed by atoms with Gasteiger partial charge in [0.2, 0.25) is 0 Å². The van der Waals surface area contributed by atoms with Gasteiger partial charge in [0, 0.05) is 34.8 Å². The third-order valence-corrected chi connectivity index (χ3v) is 9.00. The molecule has 3 aliphatic heterocycles. The van der Waals surface area contributed by atoms with Crippen LogP contribution in [-0.4, -0.2) is 63.4 Å². The average molecular weight is 552 g/mol. The first-order valence-corrected chi connectivity index (χ1v) is 14.9. The number of benzene rings is 2. The third-order valence-electron chi connectivity index (χ3n) is 9.00. The molecular formula is C33H37N5O3. The number of piperidine rings is 1. The minimum Gasteiger partial charge on any atom is -0.490 e. The van der Waals surface area contributed by atoms with Crippen LogP contribution < -0.4 is 10.1 Å². The van der Waals surface area contributed by atoms with Gasteiger partial charge in [-0.1, -0.05) is 19.9 Å². The molecule has 3 aliphatic rings. The Morgan fingerprint density at radius 3 is 2.46 bits per heavy atom. The van der Waals surface area contributed by atoms with Crippen molar-refractivity contribution in [1.29, 1.82) is 0 Å². The number of pyridine rings is 1. The van der Waals surface area contributed by atoms with Gasteiger partial charge in [-0.25, -0.2) is 0 Å². The molecule has 2 aromatic carbocycles. The van der Waals surface area contributed by atoms with Crippen molar-refractivity contribution in [3.63, 3.8) is 0 Å². The molecule has 3 saturated heterocycles. The van der Waals surface area contributed by atoms with E-state index in [2.05, 4.69) is 51.4 Å². The van der Waals surface area contributed by atoms with Gasteiger partial charge in [0.05, 0.1) is 42.2 Å². The molecule has 0 saturated carbocycles. The van der Waals surface area contributed by atoms with Gasteiger partial charge in [0.15, 0.2) is 0 Å². The lowest BCUT2D eigenvalue weighted by atomic mass is 9.96. The van der Waals surface area contributed by atoms with Gasteiger partial charge in [0.25, 0.3) is 5.91 Å². The lowest BCUT2D eigenvalue weighted by Crippen LogP contribution is -2.57. The van der Waals surface area contributed by atoms with E-state index >= 15 is 0 Å². The van der Waals surface area contributed by atoms with Crippen molar-refractivity contribution in [2.45, 2.75) is 69.8 Å². The van der Waals surface area contributed by atoms with Crippen LogP contribution in [0.1, 0.15) is 61.6 Å². The van der Waals surface area contributed by atoms with Crippen LogP contribution in [0.5, 0.6) is 5.75 Å². The Hall–Kier alpha value is -3.75. The first-order chi connectivity index (χ1) is 20.0. The Labute approximate surface area is 240 Å². The van der Waals surface area contributed by atoms with Crippen LogP contribution >= 0.6 is 0 Å². The van der Waals surface area contributed by atoms with Gasteiger partial charge in [-0.15, -0.1) is 0 Å². The number of carbonyl (C=O) groups is 1. The lowest BCUT2D eigenvalue weighted by Gasteiger charge is -2.46. The zero-order chi connectivity index (χ0) is 27.9. The molecule has 4 atom stereocenters. The second-order valence-corrected chi connectivity index (χ2v) is 12.0. The predicted molar refractivity (Wildman–Crippen MR) is 158 cm³/mol. The van der Waals surface area contributed by atoms with Crippen LogP contribution in [0, 0.1) is 5.92 Å². The molecule has 0 radical (unpaired) electrons. The highest BCUT2D eigenvalue weighted by Gasteiger charge is 2.46. The van der Waals surface area contributed by atoms with Gasteiger partial charge in [-0.2, -0.15) is 5.10 Å². The summed E-state index contributed by atoms with van der Waals surface area (Å²) in [5, 5.41) is 11.8. The summed E-state index contributed by atoms with van der Waals surface area (Å²) >= 11 is 0. The molecule has 8 nitrogen and oxygen atoms in total. The molecule has 0 aliphatic carbocycles. The van der Waals surface area contributed by atoms with E-state index in [1.807, 2.05) is 48.5 Å². The zero-order valence-corrected chi connectivity index (χ0v) is 23.6. The maximum absolute atomic E-state index is 13.3. The molecule has 2 bridgehead atoms. The maximum atomic E-state index is 13.3. The smallest absolute Gasteiger partial charge is 0.251 e. The van der Waals surface area contributed by atoms with Crippen molar-refractivity contribution in [3.05, 3.63) is 78.1 Å². The summed E-state index contributed by atoms with van der Waals surface area (Å²) in [5.41, 5.74) is 4.14. The molecule has 7 rings (SSSR count). The quantitative estimate of drug-likeness (QED) is 0.299. The van der Waals surface area contributed by atoms with Gasteiger partial charge >= 0.3 is 0 Å². The second kappa shape index (κ2) is 10.9. The number of nitrogens with one attached hydrogen (secondary N) is 2. The molecule has 8 heteroatoms. The first kappa shape index (κ1) is 26.2. The van der Waals surface area contributed by atoms with E-state index in [0.717, 1.165) is 59.7 Å². The Bertz CT molecular complexity index is 1500. The number of hydrogen-bond donors (Lipinski definition) is 2. The molecule has 1 amide bonds. The van der Waals surface area contributed by atoms with Gasteiger partial charge < -0.3 is 14.8 Å². The summed E-state index contributed by atoms with van der Waals surface area (Å²) < 4.78 is 11.9. The molecule has 2 N–H and O–H groups in total. The first-order valence-electron chi connectivity index (χ1n) is 14.9. The van der Waals surface area contributed by atoms with E-state index in [-0.39, 0.29) is 24.0 Å². The Morgan fingerprint density at radius 2 is 1.80 bits per heavy atom. The molecule has 0 spiro atoms. The number of aromatic amines is 1. The van der Waals surface area contributed by atoms with E-state index in [4.69, 9.17) is 9.47 Å². The number of fused-ring (bicyclic) bond motifs is 3. The van der Waals surface area contributed by atoms with Crippen molar-refractivity contribution in [1.82, 2.24) is 25.4 Å². The van der Waals surface area contributed by atoms with Crippen molar-refractivity contribution >= 4 is 16.8 Å². The molecule has 4 aromatic rings. The number of ether oxygens (including phenoxy) is 2. The van der Waals surface area contributed by atoms with Crippen molar-refractivity contribution in [2.75, 3.05) is 13.2 Å². The van der Waals surface area contributed by atoms with Gasteiger partial charge in [0.1, 0.15) is 11.9 Å². The molecule has 41 heavy (non-hydrogen) atoms. The number of amides is 1. The summed E-state index contributed by atoms with van der Waals surface area (Å²) in [5.74, 6) is 0.965. The number of hydrogen-bond acceptors (Lipinski definition) is 6. The number of H-pyrrole nitrogens is 1. The number of rotatable bonds is 8. The molecular weight excluding hydrogens is 514 g/mol. The standard InChI is InChI=1S/C33H37N5O3/c1-20(2)31(30-5-3-4-14-34-30)35-33(39)22-8-13-29-28(15-22)32(37-36-29)21-6-11-26(12-7-21)41-27-16-23-9-10-24(17-27)38(23)25-18-40-19-25/h3-8,11-15,20,23-25,27,31H,9-10,16-19H2,1-2H3,(H,35,39)(H,36,37)/t23-,24+,27-,31?. The van der Waals surface area contributed by atoms with E-state index in [1.165, 1.54) is 12.8 Å². The van der Waals surface area contributed by atoms with Crippen LogP contribution in [0.4, 0.5) is 0 Å². The SMILES string of the molecule is CC(C)C(NC(=O)c1ccc2[nH]nc(-c3ccc(O[C@@H]4C[C@H]5CC[C@@H](C4)N5C4COC4)cc3)c2c1)c1ccccn1. The highest BCUT2D eigenvalue weighted by Crippen LogP contribution is 2.40. The lowest BCUT2D eigenvalue weighted by molar-refractivity contribution is -0.102. The highest BCUT2D eigenvalue weighted by atomic mass is 16.5. The summed E-state index contributed by atoms with van der Waals surface area (Å²) in [6.07, 6.45) is 6.73. The van der Waals surface area contributed by atoms with Crippen LogP contribution in [0.2, 0.25) is 0 Å². The van der Waals surface area contributed by atoms with Gasteiger partial charge in [-0.05, 0) is 86.2 Å². The molecule has 2 aromatic heterocycles. The number of nitrogens with zero attached hydrogens (tertiary/aromatic N) is 3. The van der Waals surface area contributed by atoms with E-state index in [1.54, 1.807) is 6.20 Å². The van der Waals surface area contributed by atoms with Crippen LogP contribution in [0.25, 0.3) is 22.2 Å². The van der Waals surface area contributed by atoms with E-state index in [9.17, 15) is 4.79 Å². The fourth-order valence-electron chi connectivity index (χ4n) is 6.88.